The maximum atomic E-state index is 11.4. The Morgan fingerprint density at radius 1 is 1.44 bits per heavy atom. The van der Waals surface area contributed by atoms with Gasteiger partial charge in [0.05, 0.1) is 11.8 Å². The molecule has 0 saturated carbocycles. The SMILES string of the molecule is CCS(=O)(=O)NC(C#N)c1ccccc1C. The van der Waals surface area contributed by atoms with Gasteiger partial charge in [0, 0.05) is 0 Å². The van der Waals surface area contributed by atoms with E-state index in [0.29, 0.717) is 5.56 Å². The Labute approximate surface area is 96.0 Å². The molecule has 0 fully saturated rings. The second-order valence-electron chi connectivity index (χ2n) is 3.44. The van der Waals surface area contributed by atoms with Gasteiger partial charge in [-0.25, -0.2) is 8.42 Å². The van der Waals surface area contributed by atoms with Gasteiger partial charge in [0.2, 0.25) is 10.0 Å². The molecule has 5 heteroatoms. The summed E-state index contributed by atoms with van der Waals surface area (Å²) in [7, 11) is -3.37. The Balaban J connectivity index is 3.02. The van der Waals surface area contributed by atoms with Gasteiger partial charge in [0.25, 0.3) is 0 Å². The lowest BCUT2D eigenvalue weighted by Gasteiger charge is -2.13. The van der Waals surface area contributed by atoms with Gasteiger partial charge in [-0.3, -0.25) is 0 Å². The molecule has 0 aliphatic heterocycles. The van der Waals surface area contributed by atoms with Crippen LogP contribution in [0.15, 0.2) is 24.3 Å². The van der Waals surface area contributed by atoms with Crippen molar-refractivity contribution in [3.05, 3.63) is 35.4 Å². The van der Waals surface area contributed by atoms with Gasteiger partial charge in [-0.2, -0.15) is 9.98 Å². The zero-order chi connectivity index (χ0) is 12.2. The fourth-order valence-electron chi connectivity index (χ4n) is 1.33. The van der Waals surface area contributed by atoms with E-state index in [0.717, 1.165) is 5.56 Å². The van der Waals surface area contributed by atoms with Crippen molar-refractivity contribution in [2.45, 2.75) is 19.9 Å². The largest absolute Gasteiger partial charge is 0.212 e. The van der Waals surface area contributed by atoms with E-state index in [1.54, 1.807) is 12.1 Å². The van der Waals surface area contributed by atoms with E-state index < -0.39 is 16.1 Å². The van der Waals surface area contributed by atoms with Crippen LogP contribution in [0.5, 0.6) is 0 Å². The van der Waals surface area contributed by atoms with Crippen LogP contribution >= 0.6 is 0 Å². The fraction of sp³-hybridized carbons (Fsp3) is 0.364. The van der Waals surface area contributed by atoms with Gasteiger partial charge in [-0.05, 0) is 25.0 Å². The van der Waals surface area contributed by atoms with Crippen molar-refractivity contribution >= 4 is 10.0 Å². The summed E-state index contributed by atoms with van der Waals surface area (Å²) in [4.78, 5) is 0. The summed E-state index contributed by atoms with van der Waals surface area (Å²) >= 11 is 0. The van der Waals surface area contributed by atoms with Crippen LogP contribution in [0.3, 0.4) is 0 Å². The molecule has 1 atom stereocenters. The number of rotatable bonds is 4. The third-order valence-electron chi connectivity index (χ3n) is 2.31. The molecule has 0 aliphatic rings. The number of sulfonamides is 1. The molecule has 0 amide bonds. The monoisotopic (exact) mass is 238 g/mol. The van der Waals surface area contributed by atoms with Crippen LogP contribution in [-0.4, -0.2) is 14.2 Å². The maximum absolute atomic E-state index is 11.4. The summed E-state index contributed by atoms with van der Waals surface area (Å²) in [6.45, 7) is 3.38. The van der Waals surface area contributed by atoms with Gasteiger partial charge >= 0.3 is 0 Å². The van der Waals surface area contributed by atoms with Crippen molar-refractivity contribution in [1.82, 2.24) is 4.72 Å². The van der Waals surface area contributed by atoms with Gasteiger partial charge in [0.1, 0.15) is 6.04 Å². The number of hydrogen-bond donors (Lipinski definition) is 1. The highest BCUT2D eigenvalue weighted by atomic mass is 32.2. The minimum atomic E-state index is -3.37. The van der Waals surface area contributed by atoms with Crippen LogP contribution in [0.25, 0.3) is 0 Å². The van der Waals surface area contributed by atoms with Crippen molar-refractivity contribution in [2.75, 3.05) is 5.75 Å². The summed E-state index contributed by atoms with van der Waals surface area (Å²) < 4.78 is 25.1. The average molecular weight is 238 g/mol. The second-order valence-corrected chi connectivity index (χ2v) is 5.48. The molecule has 0 aromatic heterocycles. The number of aryl methyl sites for hydroxylation is 1. The molecule has 0 saturated heterocycles. The van der Waals surface area contributed by atoms with Crippen LogP contribution in [0.4, 0.5) is 0 Å². The molecular formula is C11H14N2O2S. The summed E-state index contributed by atoms with van der Waals surface area (Å²) in [6.07, 6.45) is 0. The number of hydrogen-bond acceptors (Lipinski definition) is 3. The highest BCUT2D eigenvalue weighted by Crippen LogP contribution is 2.17. The summed E-state index contributed by atoms with van der Waals surface area (Å²) in [6, 6.07) is 8.38. The molecule has 1 aromatic rings. The van der Waals surface area contributed by atoms with Crippen molar-refractivity contribution in [2.24, 2.45) is 0 Å². The molecule has 86 valence electrons. The summed E-state index contributed by atoms with van der Waals surface area (Å²) in [5, 5.41) is 8.99. The molecule has 1 aromatic carbocycles. The highest BCUT2D eigenvalue weighted by molar-refractivity contribution is 7.89. The Kier molecular flexibility index (Phi) is 4.05. The Morgan fingerprint density at radius 2 is 2.06 bits per heavy atom. The van der Waals surface area contributed by atoms with E-state index in [1.807, 2.05) is 25.1 Å². The van der Waals surface area contributed by atoms with Crippen molar-refractivity contribution in [1.29, 1.82) is 5.26 Å². The predicted molar refractivity (Wildman–Crippen MR) is 62.1 cm³/mol. The van der Waals surface area contributed by atoms with E-state index >= 15 is 0 Å². The molecule has 0 spiro atoms. The molecule has 1 N–H and O–H groups in total. The normalized spacial score (nSPS) is 13.1. The van der Waals surface area contributed by atoms with Crippen LogP contribution in [0.2, 0.25) is 0 Å². The van der Waals surface area contributed by atoms with Crippen LogP contribution in [-0.2, 0) is 10.0 Å². The standard InChI is InChI=1S/C11H14N2O2S/c1-3-16(14,15)13-11(8-12)10-7-5-4-6-9(10)2/h4-7,11,13H,3H2,1-2H3. The Bertz CT molecular complexity index is 503. The van der Waals surface area contributed by atoms with Gasteiger partial charge in [0.15, 0.2) is 0 Å². The lowest BCUT2D eigenvalue weighted by atomic mass is 10.0. The molecule has 0 radical (unpaired) electrons. The highest BCUT2D eigenvalue weighted by Gasteiger charge is 2.18. The first-order valence-electron chi connectivity index (χ1n) is 4.95. The second kappa shape index (κ2) is 5.10. The summed E-state index contributed by atoms with van der Waals surface area (Å²) in [5.41, 5.74) is 1.59. The van der Waals surface area contributed by atoms with Gasteiger partial charge in [-0.1, -0.05) is 24.3 Å². The van der Waals surface area contributed by atoms with E-state index in [2.05, 4.69) is 4.72 Å². The molecule has 1 unspecified atom stereocenters. The van der Waals surface area contributed by atoms with Crippen molar-refractivity contribution in [3.63, 3.8) is 0 Å². The van der Waals surface area contributed by atoms with E-state index in [1.165, 1.54) is 6.92 Å². The van der Waals surface area contributed by atoms with Crippen LogP contribution in [0, 0.1) is 18.3 Å². The van der Waals surface area contributed by atoms with Crippen LogP contribution in [0.1, 0.15) is 24.1 Å². The number of nitriles is 1. The van der Waals surface area contributed by atoms with Gasteiger partial charge < -0.3 is 0 Å². The number of benzene rings is 1. The lowest BCUT2D eigenvalue weighted by Crippen LogP contribution is -2.29. The fourth-order valence-corrected chi connectivity index (χ4v) is 2.04. The third kappa shape index (κ3) is 3.05. The van der Waals surface area contributed by atoms with Crippen molar-refractivity contribution < 1.29 is 8.42 Å². The van der Waals surface area contributed by atoms with E-state index in [4.69, 9.17) is 5.26 Å². The van der Waals surface area contributed by atoms with Crippen molar-refractivity contribution in [3.8, 4) is 6.07 Å². The first kappa shape index (κ1) is 12.7. The Morgan fingerprint density at radius 3 is 2.56 bits per heavy atom. The lowest BCUT2D eigenvalue weighted by molar-refractivity contribution is 0.576. The molecule has 0 heterocycles. The average Bonchev–Trinajstić information content (AvgIpc) is 2.27. The molecular weight excluding hydrogens is 224 g/mol. The zero-order valence-electron chi connectivity index (χ0n) is 9.27. The van der Waals surface area contributed by atoms with E-state index in [9.17, 15) is 8.42 Å². The molecule has 0 aliphatic carbocycles. The minimum absolute atomic E-state index is 0.0307. The zero-order valence-corrected chi connectivity index (χ0v) is 10.1. The Hall–Kier alpha value is -1.38. The van der Waals surface area contributed by atoms with Gasteiger partial charge in [-0.15, -0.1) is 0 Å². The predicted octanol–water partition coefficient (Wildman–Crippen LogP) is 1.50. The van der Waals surface area contributed by atoms with Crippen LogP contribution < -0.4 is 4.72 Å². The first-order chi connectivity index (χ1) is 7.50. The molecule has 1 rings (SSSR count). The molecule has 0 bridgehead atoms. The maximum Gasteiger partial charge on any atom is 0.212 e. The quantitative estimate of drug-likeness (QED) is 0.864. The first-order valence-corrected chi connectivity index (χ1v) is 6.60. The topological polar surface area (TPSA) is 70.0 Å². The molecule has 4 nitrogen and oxygen atoms in total. The smallest absolute Gasteiger partial charge is 0.212 e. The summed E-state index contributed by atoms with van der Waals surface area (Å²) in [5.74, 6) is -0.0307. The number of nitrogens with zero attached hydrogens (tertiary/aromatic N) is 1. The minimum Gasteiger partial charge on any atom is -0.212 e. The van der Waals surface area contributed by atoms with E-state index in [-0.39, 0.29) is 5.75 Å². The molecule has 16 heavy (non-hydrogen) atoms. The number of nitrogens with one attached hydrogen (secondary N) is 1. The third-order valence-corrected chi connectivity index (χ3v) is 3.66.